The molecule has 4 heteroatoms. The molecular formula is C11H13NO2S. The summed E-state index contributed by atoms with van der Waals surface area (Å²) in [6.45, 7) is 1.34. The molecule has 15 heavy (non-hydrogen) atoms. The van der Waals surface area contributed by atoms with Gasteiger partial charge < -0.3 is 4.90 Å². The molecule has 3 aliphatic heterocycles. The lowest BCUT2D eigenvalue weighted by atomic mass is 10.1. The highest BCUT2D eigenvalue weighted by molar-refractivity contribution is 7.94. The SMILES string of the molecule is O=S1(=O)C2CC1CN(c1ccccc1)C2. The molecule has 0 saturated carbocycles. The predicted octanol–water partition coefficient (Wildman–Crippen LogP) is 1.06. The maximum Gasteiger partial charge on any atom is 0.159 e. The van der Waals surface area contributed by atoms with Crippen molar-refractivity contribution in [1.29, 1.82) is 0 Å². The fourth-order valence-corrected chi connectivity index (χ4v) is 4.45. The van der Waals surface area contributed by atoms with Gasteiger partial charge in [0.2, 0.25) is 0 Å². The third-order valence-corrected chi connectivity index (χ3v) is 5.97. The van der Waals surface area contributed by atoms with Gasteiger partial charge >= 0.3 is 0 Å². The number of hydrogen-bond acceptors (Lipinski definition) is 3. The Morgan fingerprint density at radius 1 is 1.07 bits per heavy atom. The van der Waals surface area contributed by atoms with Crippen molar-refractivity contribution in [2.75, 3.05) is 18.0 Å². The first-order valence-corrected chi connectivity index (χ1v) is 6.81. The van der Waals surface area contributed by atoms with Crippen LogP contribution in [0.2, 0.25) is 0 Å². The molecule has 1 aromatic carbocycles. The first kappa shape index (κ1) is 9.21. The van der Waals surface area contributed by atoms with Crippen molar-refractivity contribution in [1.82, 2.24) is 0 Å². The van der Waals surface area contributed by atoms with E-state index in [1.54, 1.807) is 0 Å². The van der Waals surface area contributed by atoms with Crippen LogP contribution in [0.25, 0.3) is 0 Å². The zero-order chi connectivity index (χ0) is 10.5. The number of anilines is 1. The minimum absolute atomic E-state index is 0.114. The van der Waals surface area contributed by atoms with Crippen LogP contribution in [-0.4, -0.2) is 32.0 Å². The summed E-state index contributed by atoms with van der Waals surface area (Å²) in [5, 5.41) is -0.229. The number of fused-ring (bicyclic) bond motifs is 2. The number of sulfone groups is 1. The highest BCUT2D eigenvalue weighted by Crippen LogP contribution is 2.37. The molecule has 80 valence electrons. The van der Waals surface area contributed by atoms with Gasteiger partial charge in [-0.25, -0.2) is 8.42 Å². The van der Waals surface area contributed by atoms with E-state index in [2.05, 4.69) is 4.90 Å². The molecule has 0 amide bonds. The standard InChI is InChI=1S/C11H13NO2S/c13-15(14)10-6-11(15)8-12(7-10)9-4-2-1-3-5-9/h1-5,10-11H,6-8H2. The van der Waals surface area contributed by atoms with Gasteiger partial charge in [0.05, 0.1) is 10.5 Å². The van der Waals surface area contributed by atoms with Crippen molar-refractivity contribution in [2.24, 2.45) is 0 Å². The van der Waals surface area contributed by atoms with Crippen molar-refractivity contribution in [2.45, 2.75) is 16.9 Å². The summed E-state index contributed by atoms with van der Waals surface area (Å²) >= 11 is 0. The maximum absolute atomic E-state index is 11.6. The minimum Gasteiger partial charge on any atom is -0.369 e. The van der Waals surface area contributed by atoms with Crippen LogP contribution in [0.5, 0.6) is 0 Å². The Hall–Kier alpha value is -1.03. The Kier molecular flexibility index (Phi) is 1.83. The molecule has 0 aliphatic carbocycles. The largest absolute Gasteiger partial charge is 0.369 e. The molecule has 2 unspecified atom stereocenters. The first-order chi connectivity index (χ1) is 7.18. The summed E-state index contributed by atoms with van der Waals surface area (Å²) in [6, 6.07) is 10.0. The number of nitrogens with zero attached hydrogens (tertiary/aromatic N) is 1. The van der Waals surface area contributed by atoms with Gasteiger partial charge in [0.25, 0.3) is 0 Å². The van der Waals surface area contributed by atoms with E-state index in [4.69, 9.17) is 0 Å². The predicted molar refractivity (Wildman–Crippen MR) is 59.8 cm³/mol. The van der Waals surface area contributed by atoms with Crippen LogP contribution >= 0.6 is 0 Å². The molecule has 0 aromatic heterocycles. The van der Waals surface area contributed by atoms with Crippen LogP contribution in [0.3, 0.4) is 0 Å². The van der Waals surface area contributed by atoms with Gasteiger partial charge in [0.1, 0.15) is 0 Å². The molecule has 3 fully saturated rings. The second-order valence-electron chi connectivity index (χ2n) is 4.31. The second-order valence-corrected chi connectivity index (χ2v) is 6.82. The Balaban J connectivity index is 1.84. The number of piperidine rings is 1. The van der Waals surface area contributed by atoms with Crippen LogP contribution in [-0.2, 0) is 9.84 Å². The number of rotatable bonds is 1. The fourth-order valence-electron chi connectivity index (χ4n) is 2.48. The van der Waals surface area contributed by atoms with Crippen LogP contribution in [0.4, 0.5) is 5.69 Å². The van der Waals surface area contributed by atoms with Crippen molar-refractivity contribution in [3.8, 4) is 0 Å². The maximum atomic E-state index is 11.6. The third-order valence-electron chi connectivity index (χ3n) is 3.42. The first-order valence-electron chi connectivity index (χ1n) is 5.20. The van der Waals surface area contributed by atoms with E-state index in [9.17, 15) is 8.42 Å². The molecule has 3 nitrogen and oxygen atoms in total. The smallest absolute Gasteiger partial charge is 0.159 e. The quantitative estimate of drug-likeness (QED) is 0.714. The van der Waals surface area contributed by atoms with Crippen LogP contribution in [0, 0.1) is 0 Å². The lowest BCUT2D eigenvalue weighted by Gasteiger charge is -2.47. The Morgan fingerprint density at radius 3 is 2.20 bits per heavy atom. The third kappa shape index (κ3) is 1.28. The highest BCUT2D eigenvalue weighted by Gasteiger charge is 2.51. The molecule has 2 atom stereocenters. The number of benzene rings is 1. The molecule has 0 radical (unpaired) electrons. The Morgan fingerprint density at radius 2 is 1.67 bits per heavy atom. The summed E-state index contributed by atoms with van der Waals surface area (Å²) in [7, 11) is -2.75. The van der Waals surface area contributed by atoms with Crippen molar-refractivity contribution >= 4 is 15.5 Å². The van der Waals surface area contributed by atoms with Gasteiger partial charge in [-0.15, -0.1) is 0 Å². The summed E-state index contributed by atoms with van der Waals surface area (Å²) in [5.74, 6) is 0. The molecule has 0 N–H and O–H groups in total. The number of para-hydroxylation sites is 1. The van der Waals surface area contributed by atoms with E-state index in [1.165, 1.54) is 0 Å². The summed E-state index contributed by atoms with van der Waals surface area (Å²) in [4.78, 5) is 2.18. The molecule has 4 rings (SSSR count). The van der Waals surface area contributed by atoms with Crippen LogP contribution in [0.1, 0.15) is 6.42 Å². The zero-order valence-corrected chi connectivity index (χ0v) is 9.15. The van der Waals surface area contributed by atoms with Gasteiger partial charge in [-0.05, 0) is 18.6 Å². The fraction of sp³-hybridized carbons (Fsp3) is 0.455. The second kappa shape index (κ2) is 2.98. The van der Waals surface area contributed by atoms with Crippen LogP contribution < -0.4 is 4.90 Å². The van der Waals surface area contributed by atoms with Crippen molar-refractivity contribution in [3.05, 3.63) is 30.3 Å². The number of hydrogen-bond donors (Lipinski definition) is 0. The van der Waals surface area contributed by atoms with Gasteiger partial charge in [-0.1, -0.05) is 18.2 Å². The van der Waals surface area contributed by atoms with Gasteiger partial charge in [0.15, 0.2) is 9.84 Å². The summed E-state index contributed by atoms with van der Waals surface area (Å²) in [5.41, 5.74) is 1.14. The van der Waals surface area contributed by atoms with E-state index >= 15 is 0 Å². The van der Waals surface area contributed by atoms with E-state index in [-0.39, 0.29) is 10.5 Å². The van der Waals surface area contributed by atoms with Gasteiger partial charge in [0, 0.05) is 18.8 Å². The van der Waals surface area contributed by atoms with Crippen molar-refractivity contribution in [3.63, 3.8) is 0 Å². The zero-order valence-electron chi connectivity index (χ0n) is 8.33. The van der Waals surface area contributed by atoms with E-state index in [1.807, 2.05) is 30.3 Å². The van der Waals surface area contributed by atoms with Gasteiger partial charge in [-0.3, -0.25) is 0 Å². The average molecular weight is 223 g/mol. The summed E-state index contributed by atoms with van der Waals surface area (Å²) in [6.07, 6.45) is 0.867. The topological polar surface area (TPSA) is 37.4 Å². The lowest BCUT2D eigenvalue weighted by Crippen LogP contribution is -2.62. The Bertz CT molecular complexity index is 451. The normalized spacial score (nSPS) is 32.1. The monoisotopic (exact) mass is 223 g/mol. The van der Waals surface area contributed by atoms with Crippen molar-refractivity contribution < 1.29 is 8.42 Å². The van der Waals surface area contributed by atoms with E-state index < -0.39 is 9.84 Å². The Labute approximate surface area is 89.6 Å². The molecule has 2 bridgehead atoms. The average Bonchev–Trinajstić information content (AvgIpc) is 2.30. The van der Waals surface area contributed by atoms with Gasteiger partial charge in [-0.2, -0.15) is 0 Å². The molecule has 1 aromatic rings. The molecule has 3 heterocycles. The molecule has 3 saturated heterocycles. The molecule has 3 aliphatic rings. The minimum atomic E-state index is -2.75. The molecular weight excluding hydrogens is 210 g/mol. The highest BCUT2D eigenvalue weighted by atomic mass is 32.2. The van der Waals surface area contributed by atoms with E-state index in [0.29, 0.717) is 13.1 Å². The molecule has 0 spiro atoms. The lowest BCUT2D eigenvalue weighted by molar-refractivity contribution is 0.460. The summed E-state index contributed by atoms with van der Waals surface area (Å²) < 4.78 is 23.2. The van der Waals surface area contributed by atoms with E-state index in [0.717, 1.165) is 12.1 Å². The van der Waals surface area contributed by atoms with Crippen LogP contribution in [0.15, 0.2) is 30.3 Å².